The lowest BCUT2D eigenvalue weighted by Crippen LogP contribution is -2.31. The molecule has 1 aromatic carbocycles. The summed E-state index contributed by atoms with van der Waals surface area (Å²) in [4.78, 5) is 17.4. The van der Waals surface area contributed by atoms with E-state index in [1.165, 1.54) is 0 Å². The third kappa shape index (κ3) is 3.10. The van der Waals surface area contributed by atoms with E-state index in [1.54, 1.807) is 0 Å². The summed E-state index contributed by atoms with van der Waals surface area (Å²) in [5.41, 5.74) is 1.58. The van der Waals surface area contributed by atoms with Gasteiger partial charge in [0, 0.05) is 29.0 Å². The molecule has 4 heteroatoms. The van der Waals surface area contributed by atoms with Gasteiger partial charge in [0.25, 0.3) is 5.91 Å². The second-order valence-electron chi connectivity index (χ2n) is 4.65. The summed E-state index contributed by atoms with van der Waals surface area (Å²) < 4.78 is 0. The molecule has 0 saturated heterocycles. The number of amides is 1. The Morgan fingerprint density at radius 1 is 1.32 bits per heavy atom. The largest absolute Gasteiger partial charge is 0.351 e. The monoisotopic (exact) mass is 278 g/mol. The lowest BCUT2D eigenvalue weighted by Gasteiger charge is -2.19. The maximum absolute atomic E-state index is 12.4. The molecule has 2 rings (SSSR count). The van der Waals surface area contributed by atoms with Gasteiger partial charge in [-0.25, -0.2) is 0 Å². The van der Waals surface area contributed by atoms with Gasteiger partial charge in [-0.15, -0.1) is 0 Å². The van der Waals surface area contributed by atoms with Crippen LogP contribution < -0.4 is 0 Å². The Labute approximate surface area is 118 Å². The highest BCUT2D eigenvalue weighted by atomic mass is 35.5. The molecule has 0 aliphatic carbocycles. The number of nitrogens with zero attached hydrogens (tertiary/aromatic N) is 1. The molecular weight excluding hydrogens is 260 g/mol. The summed E-state index contributed by atoms with van der Waals surface area (Å²) >= 11 is 5.96. The van der Waals surface area contributed by atoms with E-state index in [1.807, 2.05) is 36.1 Å². The predicted molar refractivity (Wildman–Crippen MR) is 79.8 cm³/mol. The zero-order valence-corrected chi connectivity index (χ0v) is 12.1. The van der Waals surface area contributed by atoms with Crippen molar-refractivity contribution in [3.05, 3.63) is 35.0 Å². The Morgan fingerprint density at radius 3 is 2.79 bits per heavy atom. The number of carbonyl (C=O) groups excluding carboxylic acids is 1. The van der Waals surface area contributed by atoms with Crippen LogP contribution in [0.3, 0.4) is 0 Å². The third-order valence-corrected chi connectivity index (χ3v) is 3.50. The molecule has 1 aromatic heterocycles. The zero-order valence-electron chi connectivity index (χ0n) is 11.4. The molecule has 0 aliphatic rings. The van der Waals surface area contributed by atoms with E-state index in [-0.39, 0.29) is 5.91 Å². The molecule has 1 N–H and O–H groups in total. The van der Waals surface area contributed by atoms with Crippen LogP contribution in [0.25, 0.3) is 10.9 Å². The molecule has 19 heavy (non-hydrogen) atoms. The van der Waals surface area contributed by atoms with E-state index in [2.05, 4.69) is 11.9 Å². The Balaban J connectivity index is 2.24. The highest BCUT2D eigenvalue weighted by Crippen LogP contribution is 2.20. The van der Waals surface area contributed by atoms with Gasteiger partial charge in [-0.2, -0.15) is 0 Å². The summed E-state index contributed by atoms with van der Waals surface area (Å²) in [7, 11) is 0. The van der Waals surface area contributed by atoms with E-state index in [0.717, 1.165) is 36.8 Å². The smallest absolute Gasteiger partial charge is 0.270 e. The number of rotatable bonds is 5. The molecule has 0 spiro atoms. The third-order valence-electron chi connectivity index (χ3n) is 3.26. The summed E-state index contributed by atoms with van der Waals surface area (Å²) in [5.74, 6) is 0.0586. The van der Waals surface area contributed by atoms with E-state index >= 15 is 0 Å². The second-order valence-corrected chi connectivity index (χ2v) is 5.09. The molecule has 0 radical (unpaired) electrons. The van der Waals surface area contributed by atoms with Gasteiger partial charge in [0.05, 0.1) is 0 Å². The molecule has 0 atom stereocenters. The van der Waals surface area contributed by atoms with Crippen molar-refractivity contribution < 1.29 is 4.79 Å². The SMILES string of the molecule is CCCCN(CC)C(=O)c1cc2cc(Cl)ccc2[nH]1. The fourth-order valence-electron chi connectivity index (χ4n) is 2.14. The van der Waals surface area contributed by atoms with Gasteiger partial charge in [0.2, 0.25) is 0 Å². The first-order valence-corrected chi connectivity index (χ1v) is 7.11. The van der Waals surface area contributed by atoms with E-state index in [0.29, 0.717) is 10.7 Å². The van der Waals surface area contributed by atoms with Crippen molar-refractivity contribution in [2.75, 3.05) is 13.1 Å². The molecule has 3 nitrogen and oxygen atoms in total. The fraction of sp³-hybridized carbons (Fsp3) is 0.400. The first-order valence-electron chi connectivity index (χ1n) is 6.73. The average molecular weight is 279 g/mol. The van der Waals surface area contributed by atoms with Gasteiger partial charge >= 0.3 is 0 Å². The van der Waals surface area contributed by atoms with Crippen molar-refractivity contribution in [3.63, 3.8) is 0 Å². The number of halogens is 1. The highest BCUT2D eigenvalue weighted by Gasteiger charge is 2.15. The van der Waals surface area contributed by atoms with E-state index in [4.69, 9.17) is 11.6 Å². The second kappa shape index (κ2) is 6.11. The van der Waals surface area contributed by atoms with Crippen LogP contribution in [0.2, 0.25) is 5.02 Å². The van der Waals surface area contributed by atoms with Crippen molar-refractivity contribution in [2.45, 2.75) is 26.7 Å². The minimum absolute atomic E-state index is 0.0586. The molecule has 0 fully saturated rings. The van der Waals surface area contributed by atoms with Crippen molar-refractivity contribution in [3.8, 4) is 0 Å². The molecule has 102 valence electrons. The molecule has 0 unspecified atom stereocenters. The standard InChI is InChI=1S/C15H19ClN2O/c1-3-5-8-18(4-2)15(19)14-10-11-9-12(16)6-7-13(11)17-14/h6-7,9-10,17H,3-5,8H2,1-2H3. The maximum Gasteiger partial charge on any atom is 0.270 e. The number of aromatic amines is 1. The Morgan fingerprint density at radius 2 is 2.11 bits per heavy atom. The number of benzene rings is 1. The van der Waals surface area contributed by atoms with Crippen molar-refractivity contribution in [2.24, 2.45) is 0 Å². The molecular formula is C15H19ClN2O. The van der Waals surface area contributed by atoms with Crippen molar-refractivity contribution >= 4 is 28.4 Å². The normalized spacial score (nSPS) is 10.9. The van der Waals surface area contributed by atoms with Crippen LogP contribution in [0.4, 0.5) is 0 Å². The minimum atomic E-state index is 0.0586. The predicted octanol–water partition coefficient (Wildman–Crippen LogP) is 4.08. The number of hydrogen-bond donors (Lipinski definition) is 1. The van der Waals surface area contributed by atoms with Gasteiger partial charge in [0.1, 0.15) is 5.69 Å². The number of aromatic nitrogens is 1. The molecule has 0 bridgehead atoms. The van der Waals surface area contributed by atoms with Crippen LogP contribution in [0.15, 0.2) is 24.3 Å². The average Bonchev–Trinajstić information content (AvgIpc) is 2.82. The first-order chi connectivity index (χ1) is 9.15. The fourth-order valence-corrected chi connectivity index (χ4v) is 2.32. The molecule has 0 aliphatic heterocycles. The number of H-pyrrole nitrogens is 1. The number of carbonyl (C=O) groups is 1. The van der Waals surface area contributed by atoms with E-state index in [9.17, 15) is 4.79 Å². The Bertz CT molecular complexity index is 577. The molecule has 1 heterocycles. The summed E-state index contributed by atoms with van der Waals surface area (Å²) in [6, 6.07) is 7.46. The van der Waals surface area contributed by atoms with Crippen LogP contribution in [0.1, 0.15) is 37.2 Å². The lowest BCUT2D eigenvalue weighted by atomic mass is 10.2. The number of unbranched alkanes of at least 4 members (excludes halogenated alkanes) is 1. The van der Waals surface area contributed by atoms with Gasteiger partial charge < -0.3 is 9.88 Å². The van der Waals surface area contributed by atoms with Crippen LogP contribution in [0.5, 0.6) is 0 Å². The van der Waals surface area contributed by atoms with Gasteiger partial charge in [0.15, 0.2) is 0 Å². The number of fused-ring (bicyclic) bond motifs is 1. The van der Waals surface area contributed by atoms with Gasteiger partial charge in [-0.1, -0.05) is 24.9 Å². The van der Waals surface area contributed by atoms with Gasteiger partial charge in [-0.05, 0) is 37.6 Å². The topological polar surface area (TPSA) is 36.1 Å². The summed E-state index contributed by atoms with van der Waals surface area (Å²) in [5, 5.41) is 1.66. The van der Waals surface area contributed by atoms with Crippen molar-refractivity contribution in [1.82, 2.24) is 9.88 Å². The Hall–Kier alpha value is -1.48. The van der Waals surface area contributed by atoms with Gasteiger partial charge in [-0.3, -0.25) is 4.79 Å². The number of nitrogens with one attached hydrogen (secondary N) is 1. The zero-order chi connectivity index (χ0) is 13.8. The summed E-state index contributed by atoms with van der Waals surface area (Å²) in [6.45, 7) is 5.67. The van der Waals surface area contributed by atoms with Crippen LogP contribution in [-0.2, 0) is 0 Å². The van der Waals surface area contributed by atoms with Crippen LogP contribution >= 0.6 is 11.6 Å². The molecule has 1 amide bonds. The van der Waals surface area contributed by atoms with Crippen molar-refractivity contribution in [1.29, 1.82) is 0 Å². The van der Waals surface area contributed by atoms with E-state index < -0.39 is 0 Å². The maximum atomic E-state index is 12.4. The highest BCUT2D eigenvalue weighted by molar-refractivity contribution is 6.31. The Kier molecular flexibility index (Phi) is 4.48. The first kappa shape index (κ1) is 13.9. The van der Waals surface area contributed by atoms with Crippen LogP contribution in [0, 0.1) is 0 Å². The molecule has 2 aromatic rings. The quantitative estimate of drug-likeness (QED) is 0.879. The molecule has 0 saturated carbocycles. The van der Waals surface area contributed by atoms with Crippen LogP contribution in [-0.4, -0.2) is 28.9 Å². The minimum Gasteiger partial charge on any atom is -0.351 e. The number of hydrogen-bond acceptors (Lipinski definition) is 1. The summed E-state index contributed by atoms with van der Waals surface area (Å²) in [6.07, 6.45) is 2.12. The lowest BCUT2D eigenvalue weighted by molar-refractivity contribution is 0.0757.